The topological polar surface area (TPSA) is 38.3 Å². The predicted octanol–water partition coefficient (Wildman–Crippen LogP) is 5.52. The number of amides is 1. The van der Waals surface area contributed by atoms with Crippen LogP contribution in [0.25, 0.3) is 0 Å². The van der Waals surface area contributed by atoms with Crippen molar-refractivity contribution in [3.63, 3.8) is 0 Å². The van der Waals surface area contributed by atoms with E-state index in [2.05, 4.69) is 5.32 Å². The van der Waals surface area contributed by atoms with Gasteiger partial charge >= 0.3 is 0 Å². The molecule has 0 radical (unpaired) electrons. The highest BCUT2D eigenvalue weighted by Gasteiger charge is 2.18. The van der Waals surface area contributed by atoms with E-state index in [1.165, 1.54) is 0 Å². The van der Waals surface area contributed by atoms with E-state index in [-0.39, 0.29) is 12.0 Å². The zero-order valence-electron chi connectivity index (χ0n) is 12.9. The molecule has 1 atom stereocenters. The van der Waals surface area contributed by atoms with Gasteiger partial charge < -0.3 is 10.1 Å². The summed E-state index contributed by atoms with van der Waals surface area (Å²) in [6, 6.07) is 12.7. The number of nitrogens with one attached hydrogen (secondary N) is 1. The number of thioether (sulfide) groups is 1. The Hall–Kier alpha value is -1.20. The summed E-state index contributed by atoms with van der Waals surface area (Å²) in [6.45, 7) is 0.834. The van der Waals surface area contributed by atoms with E-state index in [9.17, 15) is 4.79 Å². The number of ether oxygens (including phenoxy) is 1. The zero-order valence-corrected chi connectivity index (χ0v) is 15.3. The van der Waals surface area contributed by atoms with E-state index in [0.29, 0.717) is 21.3 Å². The van der Waals surface area contributed by atoms with E-state index in [1.54, 1.807) is 30.0 Å². The molecule has 126 valence electrons. The molecule has 0 bridgehead atoms. The number of hydrogen-bond acceptors (Lipinski definition) is 3. The van der Waals surface area contributed by atoms with Crippen LogP contribution in [0.1, 0.15) is 23.2 Å². The third-order valence-corrected chi connectivity index (χ3v) is 5.80. The Kier molecular flexibility index (Phi) is 6.06. The van der Waals surface area contributed by atoms with Crippen LogP contribution < -0.4 is 5.32 Å². The minimum Gasteiger partial charge on any atom is -0.377 e. The fourth-order valence-electron chi connectivity index (χ4n) is 2.53. The maximum Gasteiger partial charge on any atom is 0.256 e. The van der Waals surface area contributed by atoms with Crippen LogP contribution in [0.2, 0.25) is 10.0 Å². The van der Waals surface area contributed by atoms with Crippen molar-refractivity contribution in [1.29, 1.82) is 0 Å². The van der Waals surface area contributed by atoms with Crippen LogP contribution in [-0.2, 0) is 4.74 Å². The summed E-state index contributed by atoms with van der Waals surface area (Å²) in [5.41, 5.74) is 1.13. The first-order valence-corrected chi connectivity index (χ1v) is 9.48. The van der Waals surface area contributed by atoms with Gasteiger partial charge in [0.25, 0.3) is 5.91 Å². The molecule has 1 aliphatic rings. The van der Waals surface area contributed by atoms with Gasteiger partial charge in [0, 0.05) is 17.3 Å². The second kappa shape index (κ2) is 8.26. The second-order valence-corrected chi connectivity index (χ2v) is 7.34. The monoisotopic (exact) mass is 381 g/mol. The van der Waals surface area contributed by atoms with Gasteiger partial charge in [0.15, 0.2) is 0 Å². The average molecular weight is 382 g/mol. The zero-order chi connectivity index (χ0) is 16.9. The van der Waals surface area contributed by atoms with Crippen molar-refractivity contribution in [3.05, 3.63) is 58.1 Å². The van der Waals surface area contributed by atoms with E-state index in [0.717, 1.165) is 30.1 Å². The summed E-state index contributed by atoms with van der Waals surface area (Å²) in [4.78, 5) is 13.6. The number of carbonyl (C=O) groups is 1. The molecular weight excluding hydrogens is 365 g/mol. The summed E-state index contributed by atoms with van der Waals surface area (Å²) < 4.78 is 5.65. The van der Waals surface area contributed by atoms with Gasteiger partial charge in [-0.05, 0) is 37.1 Å². The lowest BCUT2D eigenvalue weighted by Gasteiger charge is -2.13. The van der Waals surface area contributed by atoms with Crippen molar-refractivity contribution in [2.24, 2.45) is 0 Å². The molecule has 1 N–H and O–H groups in total. The van der Waals surface area contributed by atoms with Crippen LogP contribution in [0, 0.1) is 0 Å². The molecule has 1 amide bonds. The predicted molar refractivity (Wildman–Crippen MR) is 101 cm³/mol. The molecule has 0 aromatic heterocycles. The molecule has 2 aromatic carbocycles. The number of anilines is 1. The minimum atomic E-state index is -0.199. The van der Waals surface area contributed by atoms with E-state index in [4.69, 9.17) is 27.9 Å². The van der Waals surface area contributed by atoms with E-state index < -0.39 is 0 Å². The third kappa shape index (κ3) is 4.25. The van der Waals surface area contributed by atoms with Gasteiger partial charge in [0.2, 0.25) is 0 Å². The smallest absolute Gasteiger partial charge is 0.256 e. The molecule has 0 aliphatic carbocycles. The summed E-state index contributed by atoms with van der Waals surface area (Å²) in [7, 11) is 0. The fourth-order valence-corrected chi connectivity index (χ4v) is 4.00. The number of carbonyl (C=O) groups excluding carboxylic acids is 1. The summed E-state index contributed by atoms with van der Waals surface area (Å²) in [6.07, 6.45) is 2.47. The molecule has 3 rings (SSSR count). The van der Waals surface area contributed by atoms with Crippen molar-refractivity contribution < 1.29 is 9.53 Å². The molecule has 6 heteroatoms. The standard InChI is InChI=1S/C18H17Cl2NO2S/c19-14-7-3-8-15(17(14)20)21-18(22)13-6-1-2-9-16(13)24-11-12-5-4-10-23-12/h1-3,6-9,12H,4-5,10-11H2,(H,21,22). The van der Waals surface area contributed by atoms with Crippen LogP contribution >= 0.6 is 35.0 Å². The van der Waals surface area contributed by atoms with Crippen LogP contribution in [0.15, 0.2) is 47.4 Å². The number of halogens is 2. The van der Waals surface area contributed by atoms with Crippen LogP contribution in [0.4, 0.5) is 5.69 Å². The van der Waals surface area contributed by atoms with Crippen molar-refractivity contribution in [2.45, 2.75) is 23.8 Å². The van der Waals surface area contributed by atoms with Gasteiger partial charge in [-0.1, -0.05) is 41.4 Å². The lowest BCUT2D eigenvalue weighted by atomic mass is 10.2. The maximum atomic E-state index is 12.6. The SMILES string of the molecule is O=C(Nc1cccc(Cl)c1Cl)c1ccccc1SCC1CCCO1. The maximum absolute atomic E-state index is 12.6. The molecule has 1 unspecified atom stereocenters. The van der Waals surface area contributed by atoms with Crippen molar-refractivity contribution in [3.8, 4) is 0 Å². The Morgan fingerprint density at radius 2 is 2.04 bits per heavy atom. The van der Waals surface area contributed by atoms with Crippen LogP contribution in [0.3, 0.4) is 0 Å². The molecule has 2 aromatic rings. The van der Waals surface area contributed by atoms with Crippen molar-refractivity contribution in [2.75, 3.05) is 17.7 Å². The molecule has 24 heavy (non-hydrogen) atoms. The van der Waals surface area contributed by atoms with Crippen LogP contribution in [-0.4, -0.2) is 24.4 Å². The van der Waals surface area contributed by atoms with E-state index in [1.807, 2.05) is 24.3 Å². The average Bonchev–Trinajstić information content (AvgIpc) is 3.11. The molecule has 1 aliphatic heterocycles. The summed E-state index contributed by atoms with van der Waals surface area (Å²) in [5, 5.41) is 3.59. The Bertz CT molecular complexity index is 733. The molecule has 1 heterocycles. The highest BCUT2D eigenvalue weighted by Crippen LogP contribution is 2.31. The summed E-state index contributed by atoms with van der Waals surface area (Å²) in [5.74, 6) is 0.650. The van der Waals surface area contributed by atoms with Gasteiger partial charge in [-0.15, -0.1) is 11.8 Å². The first kappa shape index (κ1) is 17.6. The number of hydrogen-bond donors (Lipinski definition) is 1. The Labute approximate surface area is 155 Å². The molecule has 0 saturated carbocycles. The fraction of sp³-hybridized carbons (Fsp3) is 0.278. The van der Waals surface area contributed by atoms with Gasteiger partial charge in [-0.3, -0.25) is 4.79 Å². The summed E-state index contributed by atoms with van der Waals surface area (Å²) >= 11 is 13.8. The van der Waals surface area contributed by atoms with Gasteiger partial charge in [0.05, 0.1) is 27.4 Å². The molecule has 1 fully saturated rings. The quantitative estimate of drug-likeness (QED) is 0.693. The first-order chi connectivity index (χ1) is 11.6. The molecular formula is C18H17Cl2NO2S. The Morgan fingerprint density at radius 3 is 2.83 bits per heavy atom. The minimum absolute atomic E-state index is 0.199. The highest BCUT2D eigenvalue weighted by molar-refractivity contribution is 7.99. The van der Waals surface area contributed by atoms with Crippen LogP contribution in [0.5, 0.6) is 0 Å². The lowest BCUT2D eigenvalue weighted by Crippen LogP contribution is -2.14. The second-order valence-electron chi connectivity index (χ2n) is 5.50. The Balaban J connectivity index is 1.73. The first-order valence-electron chi connectivity index (χ1n) is 7.74. The van der Waals surface area contributed by atoms with Gasteiger partial charge in [-0.2, -0.15) is 0 Å². The normalized spacial score (nSPS) is 17.0. The number of benzene rings is 2. The lowest BCUT2D eigenvalue weighted by molar-refractivity contribution is 0.102. The largest absolute Gasteiger partial charge is 0.377 e. The molecule has 1 saturated heterocycles. The van der Waals surface area contributed by atoms with Gasteiger partial charge in [0.1, 0.15) is 0 Å². The van der Waals surface area contributed by atoms with Crippen molar-refractivity contribution >= 4 is 46.6 Å². The van der Waals surface area contributed by atoms with Gasteiger partial charge in [-0.25, -0.2) is 0 Å². The highest BCUT2D eigenvalue weighted by atomic mass is 35.5. The Morgan fingerprint density at radius 1 is 1.21 bits per heavy atom. The third-order valence-electron chi connectivity index (χ3n) is 3.78. The molecule has 0 spiro atoms. The van der Waals surface area contributed by atoms with E-state index >= 15 is 0 Å². The van der Waals surface area contributed by atoms with Crippen molar-refractivity contribution in [1.82, 2.24) is 0 Å². The number of rotatable bonds is 5. The molecule has 3 nitrogen and oxygen atoms in total.